The van der Waals surface area contributed by atoms with Crippen molar-refractivity contribution in [3.8, 4) is 0 Å². The molecular formula is C10H15IN5O13P3. The van der Waals surface area contributed by atoms with Crippen LogP contribution < -0.4 is 5.73 Å². The van der Waals surface area contributed by atoms with E-state index >= 15 is 0 Å². The number of phosphoric ester groups is 1. The molecule has 1 saturated heterocycles. The minimum Gasteiger partial charge on any atom is -0.387 e. The molecule has 0 bridgehead atoms. The number of ether oxygens (including phenoxy) is 1. The van der Waals surface area contributed by atoms with Crippen molar-refractivity contribution in [3.63, 3.8) is 0 Å². The van der Waals surface area contributed by atoms with Gasteiger partial charge in [0.2, 0.25) is 0 Å². The number of fused-ring (bicyclic) bond motifs is 1. The summed E-state index contributed by atoms with van der Waals surface area (Å²) in [6, 6.07) is 0. The fourth-order valence-corrected chi connectivity index (χ4v) is 6.18. The lowest BCUT2D eigenvalue weighted by molar-refractivity contribution is -0.0503. The maximum atomic E-state index is 11.8. The summed E-state index contributed by atoms with van der Waals surface area (Å²) in [6.45, 7) is -0.959. The zero-order valence-corrected chi connectivity index (χ0v) is 20.1. The Morgan fingerprint density at radius 2 is 1.75 bits per heavy atom. The first kappa shape index (κ1) is 26.0. The molecule has 0 radical (unpaired) electrons. The van der Waals surface area contributed by atoms with Gasteiger partial charge < -0.3 is 40.3 Å². The van der Waals surface area contributed by atoms with Crippen molar-refractivity contribution in [1.29, 1.82) is 0 Å². The van der Waals surface area contributed by atoms with Crippen LogP contribution >= 0.6 is 46.1 Å². The maximum absolute atomic E-state index is 11.8. The lowest BCUT2D eigenvalue weighted by Gasteiger charge is -2.19. The number of nitrogens with zero attached hydrogens (tertiary/aromatic N) is 4. The number of imidazole rings is 1. The second-order valence-corrected chi connectivity index (χ2v) is 11.5. The van der Waals surface area contributed by atoms with E-state index in [0.29, 0.717) is 0 Å². The molecule has 180 valence electrons. The molecule has 3 heterocycles. The molecule has 6 atom stereocenters. The average molecular weight is 633 g/mol. The minimum absolute atomic E-state index is 0.0513. The number of nitrogen functional groups attached to an aromatic ring is 1. The minimum atomic E-state index is -5.71. The van der Waals surface area contributed by atoms with E-state index in [1.807, 2.05) is 0 Å². The zero-order valence-electron chi connectivity index (χ0n) is 15.2. The monoisotopic (exact) mass is 633 g/mol. The Balaban J connectivity index is 1.72. The molecule has 3 rings (SSSR count). The Morgan fingerprint density at radius 3 is 2.38 bits per heavy atom. The first-order valence-corrected chi connectivity index (χ1v) is 13.6. The molecule has 0 aliphatic carbocycles. The van der Waals surface area contributed by atoms with E-state index in [0.717, 1.165) is 0 Å². The molecule has 0 saturated carbocycles. The fourth-order valence-electron chi connectivity index (χ4n) is 2.66. The molecule has 2 aromatic heterocycles. The number of phosphoric acid groups is 3. The molecule has 18 nitrogen and oxygen atoms in total. The third-order valence-corrected chi connectivity index (χ3v) is 8.14. The van der Waals surface area contributed by atoms with Gasteiger partial charge in [-0.3, -0.25) is 9.09 Å². The summed E-state index contributed by atoms with van der Waals surface area (Å²) in [7, 11) is -16.7. The van der Waals surface area contributed by atoms with Crippen molar-refractivity contribution in [3.05, 3.63) is 10.2 Å². The van der Waals surface area contributed by atoms with Crippen LogP contribution in [0.5, 0.6) is 0 Å². The van der Waals surface area contributed by atoms with Crippen molar-refractivity contribution in [1.82, 2.24) is 19.5 Å². The van der Waals surface area contributed by atoms with E-state index in [2.05, 4.69) is 28.1 Å². The van der Waals surface area contributed by atoms with Crippen LogP contribution in [-0.2, 0) is 31.6 Å². The maximum Gasteiger partial charge on any atom is 0.490 e. The highest BCUT2D eigenvalue weighted by Crippen LogP contribution is 2.66. The lowest BCUT2D eigenvalue weighted by atomic mass is 10.1. The summed E-state index contributed by atoms with van der Waals surface area (Å²) >= 11 is 1.79. The Morgan fingerprint density at radius 1 is 1.09 bits per heavy atom. The Kier molecular flexibility index (Phi) is 7.47. The van der Waals surface area contributed by atoms with E-state index in [1.54, 1.807) is 22.6 Å². The van der Waals surface area contributed by atoms with E-state index in [9.17, 15) is 28.8 Å². The number of aromatic nitrogens is 4. The molecule has 1 aliphatic rings. The third-order valence-electron chi connectivity index (χ3n) is 3.85. The molecular weight excluding hydrogens is 618 g/mol. The van der Waals surface area contributed by atoms with Gasteiger partial charge in [0.25, 0.3) is 0 Å². The third kappa shape index (κ3) is 6.08. The second-order valence-electron chi connectivity index (χ2n) is 6.13. The zero-order chi connectivity index (χ0) is 24.1. The summed E-state index contributed by atoms with van der Waals surface area (Å²) in [5.41, 5.74) is 6.11. The number of nitrogens with two attached hydrogens (primary N) is 1. The van der Waals surface area contributed by atoms with Crippen molar-refractivity contribution in [2.75, 3.05) is 12.3 Å². The van der Waals surface area contributed by atoms with Crippen LogP contribution in [0.1, 0.15) is 6.23 Å². The van der Waals surface area contributed by atoms with Crippen LogP contribution in [0.3, 0.4) is 0 Å². The summed E-state index contributed by atoms with van der Waals surface area (Å²) < 4.78 is 52.3. The highest BCUT2D eigenvalue weighted by Gasteiger charge is 2.47. The Labute approximate surface area is 190 Å². The van der Waals surface area contributed by atoms with Crippen molar-refractivity contribution in [2.24, 2.45) is 0 Å². The van der Waals surface area contributed by atoms with E-state index < -0.39 is 54.6 Å². The van der Waals surface area contributed by atoms with Gasteiger partial charge in [0.15, 0.2) is 21.5 Å². The van der Waals surface area contributed by atoms with Crippen LogP contribution in [0.25, 0.3) is 11.2 Å². The highest BCUT2D eigenvalue weighted by atomic mass is 127. The van der Waals surface area contributed by atoms with E-state index in [1.165, 1.54) is 10.9 Å². The number of aliphatic hydroxyl groups excluding tert-OH is 2. The van der Waals surface area contributed by atoms with E-state index in [4.69, 9.17) is 25.2 Å². The van der Waals surface area contributed by atoms with Crippen molar-refractivity contribution < 1.29 is 61.4 Å². The lowest BCUT2D eigenvalue weighted by Crippen LogP contribution is -2.33. The standard InChI is InChI=1S/C10H15IN5O13P3/c11-10-14-7(12)4-8(15-10)16(2-13-4)9-6(18)5(17)3(27-9)1-26-31(22,23)29-32(24,25)28-30(19,20)21/h2-3,5-6,9,17-18H,1H2,(H,22,23)(H,24,25)(H2,12,14,15)(H2,19,20,21)/t3-,5-,6-,9-/m1/s1. The predicted octanol–water partition coefficient (Wildman–Crippen LogP) is -1.02. The predicted molar refractivity (Wildman–Crippen MR) is 108 cm³/mol. The van der Waals surface area contributed by atoms with Crippen LogP contribution in [-0.4, -0.2) is 74.2 Å². The Hall–Kier alpha value is -0.630. The van der Waals surface area contributed by atoms with Crippen LogP contribution in [0.15, 0.2) is 6.33 Å². The van der Waals surface area contributed by atoms with Gasteiger partial charge in [-0.15, -0.1) is 0 Å². The number of halogens is 1. The molecule has 2 aromatic rings. The van der Waals surface area contributed by atoms with Gasteiger partial charge in [-0.2, -0.15) is 8.62 Å². The summed E-state index contributed by atoms with van der Waals surface area (Å²) in [5.74, 6) is 0.0513. The molecule has 1 aliphatic heterocycles. The molecule has 8 N–H and O–H groups in total. The van der Waals surface area contributed by atoms with Gasteiger partial charge in [0.1, 0.15) is 23.8 Å². The van der Waals surface area contributed by atoms with Crippen LogP contribution in [0.2, 0.25) is 0 Å². The summed E-state index contributed by atoms with van der Waals surface area (Å²) in [6.07, 6.45) is -4.83. The van der Waals surface area contributed by atoms with Gasteiger partial charge in [0, 0.05) is 22.6 Å². The van der Waals surface area contributed by atoms with Crippen molar-refractivity contribution >= 4 is 63.0 Å². The molecule has 0 aromatic carbocycles. The van der Waals surface area contributed by atoms with Gasteiger partial charge >= 0.3 is 23.5 Å². The Bertz CT molecular complexity index is 1160. The topological polar surface area (TPSA) is 279 Å². The fraction of sp³-hybridized carbons (Fsp3) is 0.500. The first-order valence-electron chi connectivity index (χ1n) is 8.04. The second kappa shape index (κ2) is 9.20. The molecule has 22 heteroatoms. The van der Waals surface area contributed by atoms with Gasteiger partial charge in [-0.1, -0.05) is 0 Å². The number of hydrogen-bond donors (Lipinski definition) is 7. The molecule has 32 heavy (non-hydrogen) atoms. The van der Waals surface area contributed by atoms with Crippen molar-refractivity contribution in [2.45, 2.75) is 24.5 Å². The number of rotatable bonds is 8. The molecule has 1 fully saturated rings. The van der Waals surface area contributed by atoms with Gasteiger partial charge in [-0.25, -0.2) is 28.6 Å². The average Bonchev–Trinajstić information content (AvgIpc) is 3.12. The normalized spacial score (nSPS) is 28.0. The number of hydrogen-bond acceptors (Lipinski definition) is 13. The number of anilines is 1. The highest BCUT2D eigenvalue weighted by molar-refractivity contribution is 14.1. The summed E-state index contributed by atoms with van der Waals surface area (Å²) in [5, 5.41) is 20.5. The van der Waals surface area contributed by atoms with Gasteiger partial charge in [-0.05, 0) is 0 Å². The smallest absolute Gasteiger partial charge is 0.387 e. The molecule has 2 unspecified atom stereocenters. The van der Waals surface area contributed by atoms with E-state index in [-0.39, 0.29) is 20.8 Å². The number of aliphatic hydroxyl groups is 2. The van der Waals surface area contributed by atoms with Crippen LogP contribution in [0.4, 0.5) is 5.82 Å². The quantitative estimate of drug-likeness (QED) is 0.104. The molecule has 0 spiro atoms. The van der Waals surface area contributed by atoms with Crippen LogP contribution in [0, 0.1) is 3.83 Å². The molecule has 0 amide bonds. The first-order chi connectivity index (χ1) is 14.6. The SMILES string of the molecule is Nc1nc(I)nc2c1ncn2[C@@H]1O[C@H](COP(=O)(O)OP(=O)(O)OP(=O)(O)O)[C@@H](O)[C@H]1O. The largest absolute Gasteiger partial charge is 0.490 e. The summed E-state index contributed by atoms with van der Waals surface area (Å²) in [4.78, 5) is 47.7. The van der Waals surface area contributed by atoms with Gasteiger partial charge in [0.05, 0.1) is 12.9 Å².